The van der Waals surface area contributed by atoms with Crippen LogP contribution in [0, 0.1) is 0 Å². The number of halogens is 1. The number of ether oxygens (including phenoxy) is 1. The van der Waals surface area contributed by atoms with Gasteiger partial charge in [-0.05, 0) is 69.0 Å². The Labute approximate surface area is 166 Å². The Balaban J connectivity index is 1.63. The fourth-order valence-corrected chi connectivity index (χ4v) is 3.42. The van der Waals surface area contributed by atoms with Gasteiger partial charge in [-0.15, -0.1) is 0 Å². The SMILES string of the molecule is CC(C)(C)OC(=O)N1CCCC1CNc1cccc(-c2ccc(Cl)cc2)c1. The molecule has 5 heteroatoms. The van der Waals surface area contributed by atoms with Crippen molar-refractivity contribution < 1.29 is 9.53 Å². The molecular weight excluding hydrogens is 360 g/mol. The molecule has 1 N–H and O–H groups in total. The molecule has 0 saturated carbocycles. The first kappa shape index (κ1) is 19.6. The maximum atomic E-state index is 12.4. The van der Waals surface area contributed by atoms with Gasteiger partial charge in [0.15, 0.2) is 0 Å². The van der Waals surface area contributed by atoms with E-state index in [-0.39, 0.29) is 12.1 Å². The van der Waals surface area contributed by atoms with E-state index in [1.54, 1.807) is 0 Å². The second-order valence-corrected chi connectivity index (χ2v) is 8.37. The highest BCUT2D eigenvalue weighted by atomic mass is 35.5. The molecule has 0 radical (unpaired) electrons. The average Bonchev–Trinajstić information content (AvgIpc) is 3.08. The summed E-state index contributed by atoms with van der Waals surface area (Å²) >= 11 is 5.98. The molecule has 1 atom stereocenters. The molecule has 0 spiro atoms. The molecule has 1 fully saturated rings. The average molecular weight is 387 g/mol. The number of nitrogens with one attached hydrogen (secondary N) is 1. The molecule has 27 heavy (non-hydrogen) atoms. The third kappa shape index (κ3) is 5.39. The first-order valence-electron chi connectivity index (χ1n) is 9.41. The monoisotopic (exact) mass is 386 g/mol. The van der Waals surface area contributed by atoms with Crippen molar-refractivity contribution in [1.29, 1.82) is 0 Å². The molecule has 3 rings (SSSR count). The Kier molecular flexibility index (Phi) is 5.95. The summed E-state index contributed by atoms with van der Waals surface area (Å²) in [6.45, 7) is 7.17. The minimum atomic E-state index is -0.468. The van der Waals surface area contributed by atoms with Crippen LogP contribution in [-0.2, 0) is 4.74 Å². The van der Waals surface area contributed by atoms with Gasteiger partial charge in [-0.3, -0.25) is 0 Å². The highest BCUT2D eigenvalue weighted by molar-refractivity contribution is 6.30. The fourth-order valence-electron chi connectivity index (χ4n) is 3.30. The summed E-state index contributed by atoms with van der Waals surface area (Å²) in [6, 6.07) is 16.3. The Morgan fingerprint density at radius 1 is 1.19 bits per heavy atom. The van der Waals surface area contributed by atoms with Crippen LogP contribution in [0.3, 0.4) is 0 Å². The van der Waals surface area contributed by atoms with E-state index in [0.29, 0.717) is 6.54 Å². The standard InChI is InChI=1S/C22H27ClN2O2/c1-22(2,3)27-21(26)25-13-5-8-20(25)15-24-19-7-4-6-17(14-19)16-9-11-18(23)12-10-16/h4,6-7,9-12,14,20,24H,5,8,13,15H2,1-3H3. The number of rotatable bonds is 4. The molecule has 2 aromatic carbocycles. The van der Waals surface area contributed by atoms with Crippen LogP contribution in [0.4, 0.5) is 10.5 Å². The van der Waals surface area contributed by atoms with Crippen molar-refractivity contribution in [3.63, 3.8) is 0 Å². The second-order valence-electron chi connectivity index (χ2n) is 7.94. The Morgan fingerprint density at radius 3 is 2.63 bits per heavy atom. The van der Waals surface area contributed by atoms with Crippen LogP contribution in [0.15, 0.2) is 48.5 Å². The minimum Gasteiger partial charge on any atom is -0.444 e. The molecule has 1 amide bonds. The van der Waals surface area contributed by atoms with Crippen LogP contribution in [0.2, 0.25) is 5.02 Å². The van der Waals surface area contributed by atoms with Gasteiger partial charge in [0, 0.05) is 23.8 Å². The van der Waals surface area contributed by atoms with Gasteiger partial charge in [0.2, 0.25) is 0 Å². The Hall–Kier alpha value is -2.20. The summed E-state index contributed by atoms with van der Waals surface area (Å²) in [5.41, 5.74) is 2.83. The molecule has 1 heterocycles. The molecule has 1 aliphatic rings. The number of carbonyl (C=O) groups excluding carboxylic acids is 1. The molecule has 0 bridgehead atoms. The first-order chi connectivity index (χ1) is 12.8. The smallest absolute Gasteiger partial charge is 0.410 e. The number of nitrogens with zero attached hydrogens (tertiary/aromatic N) is 1. The first-order valence-corrected chi connectivity index (χ1v) is 9.79. The molecule has 1 saturated heterocycles. The van der Waals surface area contributed by atoms with Crippen LogP contribution in [0.1, 0.15) is 33.6 Å². The van der Waals surface area contributed by atoms with E-state index in [0.717, 1.165) is 41.2 Å². The van der Waals surface area contributed by atoms with E-state index in [1.165, 1.54) is 0 Å². The van der Waals surface area contributed by atoms with Gasteiger partial charge < -0.3 is 15.0 Å². The molecule has 1 aliphatic heterocycles. The van der Waals surface area contributed by atoms with Crippen LogP contribution < -0.4 is 5.32 Å². The summed E-state index contributed by atoms with van der Waals surface area (Å²) in [5.74, 6) is 0. The lowest BCUT2D eigenvalue weighted by Crippen LogP contribution is -2.42. The lowest BCUT2D eigenvalue weighted by molar-refractivity contribution is 0.0235. The van der Waals surface area contributed by atoms with Crippen LogP contribution >= 0.6 is 11.6 Å². The third-order valence-corrected chi connectivity index (χ3v) is 4.84. The Morgan fingerprint density at radius 2 is 1.93 bits per heavy atom. The second kappa shape index (κ2) is 8.22. The predicted octanol–water partition coefficient (Wildman–Crippen LogP) is 5.82. The predicted molar refractivity (Wildman–Crippen MR) is 111 cm³/mol. The zero-order chi connectivity index (χ0) is 19.4. The van der Waals surface area contributed by atoms with Gasteiger partial charge in [-0.25, -0.2) is 4.79 Å². The Bertz CT molecular complexity index is 784. The highest BCUT2D eigenvalue weighted by Gasteiger charge is 2.31. The van der Waals surface area contributed by atoms with Gasteiger partial charge in [0.05, 0.1) is 6.04 Å². The van der Waals surface area contributed by atoms with Gasteiger partial charge in [-0.2, -0.15) is 0 Å². The fraction of sp³-hybridized carbons (Fsp3) is 0.409. The molecule has 144 valence electrons. The summed E-state index contributed by atoms with van der Waals surface area (Å²) in [4.78, 5) is 14.3. The maximum Gasteiger partial charge on any atom is 0.410 e. The van der Waals surface area contributed by atoms with Crippen LogP contribution in [-0.4, -0.2) is 35.7 Å². The van der Waals surface area contributed by atoms with Crippen molar-refractivity contribution in [2.45, 2.75) is 45.3 Å². The van der Waals surface area contributed by atoms with Gasteiger partial charge in [0.25, 0.3) is 0 Å². The van der Waals surface area contributed by atoms with E-state index in [4.69, 9.17) is 16.3 Å². The summed E-state index contributed by atoms with van der Waals surface area (Å²) in [7, 11) is 0. The van der Waals surface area contributed by atoms with Crippen molar-refractivity contribution >= 4 is 23.4 Å². The summed E-state index contributed by atoms with van der Waals surface area (Å²) in [5, 5.41) is 4.21. The molecule has 1 unspecified atom stereocenters. The lowest BCUT2D eigenvalue weighted by Gasteiger charge is -2.29. The molecule has 4 nitrogen and oxygen atoms in total. The van der Waals surface area contributed by atoms with E-state index in [9.17, 15) is 4.79 Å². The van der Waals surface area contributed by atoms with E-state index in [2.05, 4.69) is 17.4 Å². The van der Waals surface area contributed by atoms with Crippen molar-refractivity contribution in [1.82, 2.24) is 4.90 Å². The largest absolute Gasteiger partial charge is 0.444 e. The molecule has 2 aromatic rings. The number of likely N-dealkylation sites (tertiary alicyclic amines) is 1. The maximum absolute atomic E-state index is 12.4. The van der Waals surface area contributed by atoms with Gasteiger partial charge in [-0.1, -0.05) is 35.9 Å². The normalized spacial score (nSPS) is 17.0. The number of amides is 1. The molecule has 0 aromatic heterocycles. The quantitative estimate of drug-likeness (QED) is 0.719. The summed E-state index contributed by atoms with van der Waals surface area (Å²) < 4.78 is 5.54. The van der Waals surface area contributed by atoms with Crippen molar-refractivity contribution in [3.8, 4) is 11.1 Å². The van der Waals surface area contributed by atoms with Crippen molar-refractivity contribution in [3.05, 3.63) is 53.6 Å². The third-order valence-electron chi connectivity index (χ3n) is 4.59. The zero-order valence-electron chi connectivity index (χ0n) is 16.2. The molecular formula is C22H27ClN2O2. The lowest BCUT2D eigenvalue weighted by atomic mass is 10.1. The highest BCUT2D eigenvalue weighted by Crippen LogP contribution is 2.25. The van der Waals surface area contributed by atoms with Gasteiger partial charge >= 0.3 is 6.09 Å². The number of carbonyl (C=O) groups is 1. The topological polar surface area (TPSA) is 41.6 Å². The van der Waals surface area contributed by atoms with E-state index >= 15 is 0 Å². The minimum absolute atomic E-state index is 0.152. The van der Waals surface area contributed by atoms with E-state index in [1.807, 2.05) is 62.1 Å². The number of hydrogen-bond acceptors (Lipinski definition) is 3. The number of benzene rings is 2. The van der Waals surface area contributed by atoms with Crippen molar-refractivity contribution in [2.24, 2.45) is 0 Å². The van der Waals surface area contributed by atoms with Crippen LogP contribution in [0.25, 0.3) is 11.1 Å². The number of anilines is 1. The zero-order valence-corrected chi connectivity index (χ0v) is 16.9. The van der Waals surface area contributed by atoms with Crippen molar-refractivity contribution in [2.75, 3.05) is 18.4 Å². The van der Waals surface area contributed by atoms with Gasteiger partial charge in [0.1, 0.15) is 5.60 Å². The van der Waals surface area contributed by atoms with E-state index < -0.39 is 5.60 Å². The summed E-state index contributed by atoms with van der Waals surface area (Å²) in [6.07, 6.45) is 1.78. The van der Waals surface area contributed by atoms with Crippen LogP contribution in [0.5, 0.6) is 0 Å². The number of hydrogen-bond donors (Lipinski definition) is 1. The molecule has 0 aliphatic carbocycles.